The number of likely N-dealkylation sites (N-methyl/N-ethyl adjacent to an activating group) is 1. The molecule has 1 aromatic heterocycles. The smallest absolute Gasteiger partial charge is 0.249 e. The first kappa shape index (κ1) is 20.6. The molecule has 3 rings (SSSR count). The van der Waals surface area contributed by atoms with Crippen LogP contribution in [0.3, 0.4) is 0 Å². The summed E-state index contributed by atoms with van der Waals surface area (Å²) in [6, 6.07) is 9.83. The maximum absolute atomic E-state index is 13.2. The highest BCUT2D eigenvalue weighted by Gasteiger charge is 2.27. The summed E-state index contributed by atoms with van der Waals surface area (Å²) in [5, 5.41) is 7.75. The van der Waals surface area contributed by atoms with Gasteiger partial charge < -0.3 is 10.2 Å². The zero-order chi connectivity index (χ0) is 20.3. The Morgan fingerprint density at radius 2 is 1.82 bits per heavy atom. The number of piperazine rings is 1. The lowest BCUT2D eigenvalue weighted by molar-refractivity contribution is -0.120. The summed E-state index contributed by atoms with van der Waals surface area (Å²) in [5.74, 6) is 0.134. The normalized spacial score (nSPS) is 17.1. The molecule has 1 N–H and O–H groups in total. The largest absolute Gasteiger partial charge is 0.324 e. The summed E-state index contributed by atoms with van der Waals surface area (Å²) in [5.41, 5.74) is 4.01. The second-order valence-corrected chi connectivity index (χ2v) is 8.29. The van der Waals surface area contributed by atoms with Crippen LogP contribution >= 0.6 is 0 Å². The molecule has 1 aliphatic heterocycles. The molecule has 6 heteroatoms. The standard InChI is InChI=1S/C22H33N5O/c1-16(2)21(27-18(4)14-17(3)24-27)22(28)23-20-9-7-6-8-19(20)15-26-12-10-25(5)11-13-26/h6-9,14,16,21H,10-13,15H2,1-5H3,(H,23,28)/t21-/m1/s1. The Kier molecular flexibility index (Phi) is 6.52. The molecule has 152 valence electrons. The highest BCUT2D eigenvalue weighted by Crippen LogP contribution is 2.24. The predicted octanol–water partition coefficient (Wildman–Crippen LogP) is 3.08. The van der Waals surface area contributed by atoms with Gasteiger partial charge in [-0.05, 0) is 44.5 Å². The predicted molar refractivity (Wildman–Crippen MR) is 113 cm³/mol. The van der Waals surface area contributed by atoms with Crippen molar-refractivity contribution in [2.24, 2.45) is 5.92 Å². The number of hydrogen-bond donors (Lipinski definition) is 1. The van der Waals surface area contributed by atoms with Gasteiger partial charge in [-0.15, -0.1) is 0 Å². The number of nitrogens with one attached hydrogen (secondary N) is 1. The summed E-state index contributed by atoms with van der Waals surface area (Å²) in [7, 11) is 2.16. The molecule has 1 aliphatic rings. The maximum atomic E-state index is 13.2. The fraction of sp³-hybridized carbons (Fsp3) is 0.545. The lowest BCUT2D eigenvalue weighted by Crippen LogP contribution is -2.44. The van der Waals surface area contributed by atoms with Crippen molar-refractivity contribution in [1.82, 2.24) is 19.6 Å². The molecule has 0 bridgehead atoms. The van der Waals surface area contributed by atoms with Gasteiger partial charge in [-0.25, -0.2) is 0 Å². The van der Waals surface area contributed by atoms with E-state index in [2.05, 4.69) is 47.2 Å². The second-order valence-electron chi connectivity index (χ2n) is 8.29. The van der Waals surface area contributed by atoms with Gasteiger partial charge in [0.25, 0.3) is 0 Å². The first-order valence-electron chi connectivity index (χ1n) is 10.2. The third-order valence-electron chi connectivity index (χ3n) is 5.47. The highest BCUT2D eigenvalue weighted by molar-refractivity contribution is 5.94. The Bertz CT molecular complexity index is 805. The minimum absolute atomic E-state index is 0.00738. The Morgan fingerprint density at radius 1 is 1.14 bits per heavy atom. The molecule has 0 spiro atoms. The lowest BCUT2D eigenvalue weighted by Gasteiger charge is -2.32. The number of aromatic nitrogens is 2. The summed E-state index contributed by atoms with van der Waals surface area (Å²) < 4.78 is 1.86. The molecule has 2 aromatic rings. The molecule has 1 atom stereocenters. The van der Waals surface area contributed by atoms with E-state index in [0.717, 1.165) is 55.4 Å². The first-order chi connectivity index (χ1) is 13.3. The quantitative estimate of drug-likeness (QED) is 0.833. The van der Waals surface area contributed by atoms with Gasteiger partial charge in [0.05, 0.1) is 5.69 Å². The van der Waals surface area contributed by atoms with E-state index >= 15 is 0 Å². The van der Waals surface area contributed by atoms with Crippen LogP contribution in [0.15, 0.2) is 30.3 Å². The van der Waals surface area contributed by atoms with Crippen molar-refractivity contribution in [3.05, 3.63) is 47.3 Å². The van der Waals surface area contributed by atoms with Crippen molar-refractivity contribution < 1.29 is 4.79 Å². The zero-order valence-electron chi connectivity index (χ0n) is 17.8. The lowest BCUT2D eigenvalue weighted by atomic mass is 10.0. The minimum atomic E-state index is -0.328. The van der Waals surface area contributed by atoms with E-state index in [-0.39, 0.29) is 17.9 Å². The topological polar surface area (TPSA) is 53.4 Å². The van der Waals surface area contributed by atoms with Crippen LogP contribution in [0.2, 0.25) is 0 Å². The molecule has 1 fully saturated rings. The average Bonchev–Trinajstić information content (AvgIpc) is 2.96. The van der Waals surface area contributed by atoms with Crippen molar-refractivity contribution in [1.29, 1.82) is 0 Å². The Hall–Kier alpha value is -2.18. The molecule has 0 aliphatic carbocycles. The van der Waals surface area contributed by atoms with E-state index in [1.165, 1.54) is 0 Å². The van der Waals surface area contributed by atoms with Crippen LogP contribution in [0.25, 0.3) is 0 Å². The third-order valence-corrected chi connectivity index (χ3v) is 5.47. The van der Waals surface area contributed by atoms with Crippen molar-refractivity contribution in [3.63, 3.8) is 0 Å². The van der Waals surface area contributed by atoms with E-state index in [9.17, 15) is 4.79 Å². The monoisotopic (exact) mass is 383 g/mol. The summed E-state index contributed by atoms with van der Waals surface area (Å²) >= 11 is 0. The Morgan fingerprint density at radius 3 is 2.43 bits per heavy atom. The molecule has 0 saturated carbocycles. The van der Waals surface area contributed by atoms with Crippen LogP contribution in [-0.2, 0) is 11.3 Å². The number of hydrogen-bond acceptors (Lipinski definition) is 4. The van der Waals surface area contributed by atoms with Gasteiger partial charge in [-0.1, -0.05) is 32.0 Å². The number of para-hydroxylation sites is 1. The van der Waals surface area contributed by atoms with Gasteiger partial charge in [0, 0.05) is 44.1 Å². The Labute approximate surface area is 168 Å². The summed E-state index contributed by atoms with van der Waals surface area (Å²) in [6.45, 7) is 13.2. The number of nitrogens with zero attached hydrogens (tertiary/aromatic N) is 4. The summed E-state index contributed by atoms with van der Waals surface area (Å²) in [4.78, 5) is 18.0. The number of rotatable bonds is 6. The molecule has 0 radical (unpaired) electrons. The van der Waals surface area contributed by atoms with Gasteiger partial charge in [-0.3, -0.25) is 14.4 Å². The number of carbonyl (C=O) groups excluding carboxylic acids is 1. The van der Waals surface area contributed by atoms with E-state index in [0.29, 0.717) is 0 Å². The van der Waals surface area contributed by atoms with Gasteiger partial charge in [0.2, 0.25) is 5.91 Å². The zero-order valence-corrected chi connectivity index (χ0v) is 17.8. The van der Waals surface area contributed by atoms with Crippen LogP contribution in [0, 0.1) is 19.8 Å². The number of amides is 1. The maximum Gasteiger partial charge on any atom is 0.249 e. The summed E-state index contributed by atoms with van der Waals surface area (Å²) in [6.07, 6.45) is 0. The SMILES string of the molecule is Cc1cc(C)n([C@@H](C(=O)Nc2ccccc2CN2CCN(C)CC2)C(C)C)n1. The number of carbonyl (C=O) groups is 1. The van der Waals surface area contributed by atoms with Gasteiger partial charge in [-0.2, -0.15) is 5.10 Å². The van der Waals surface area contributed by atoms with Crippen LogP contribution < -0.4 is 5.32 Å². The van der Waals surface area contributed by atoms with Gasteiger partial charge in [0.15, 0.2) is 0 Å². The van der Waals surface area contributed by atoms with Crippen molar-refractivity contribution >= 4 is 11.6 Å². The highest BCUT2D eigenvalue weighted by atomic mass is 16.2. The van der Waals surface area contributed by atoms with Crippen molar-refractivity contribution in [2.45, 2.75) is 40.3 Å². The first-order valence-corrected chi connectivity index (χ1v) is 10.2. The molecule has 28 heavy (non-hydrogen) atoms. The van der Waals surface area contributed by atoms with Crippen LogP contribution in [0.5, 0.6) is 0 Å². The molecule has 2 heterocycles. The van der Waals surface area contributed by atoms with Crippen LogP contribution in [-0.4, -0.2) is 58.7 Å². The fourth-order valence-corrected chi connectivity index (χ4v) is 3.86. The average molecular weight is 384 g/mol. The van der Waals surface area contributed by atoms with E-state index in [4.69, 9.17) is 0 Å². The van der Waals surface area contributed by atoms with Crippen LogP contribution in [0.4, 0.5) is 5.69 Å². The Balaban J connectivity index is 1.76. The van der Waals surface area contributed by atoms with E-state index < -0.39 is 0 Å². The fourth-order valence-electron chi connectivity index (χ4n) is 3.86. The molecule has 0 unspecified atom stereocenters. The third kappa shape index (κ3) is 4.80. The van der Waals surface area contributed by atoms with E-state index in [1.807, 2.05) is 42.8 Å². The van der Waals surface area contributed by atoms with E-state index in [1.54, 1.807) is 0 Å². The molecule has 1 saturated heterocycles. The van der Waals surface area contributed by atoms with Crippen molar-refractivity contribution in [2.75, 3.05) is 38.5 Å². The number of benzene rings is 1. The molecular weight excluding hydrogens is 350 g/mol. The van der Waals surface area contributed by atoms with Crippen molar-refractivity contribution in [3.8, 4) is 0 Å². The second kappa shape index (κ2) is 8.88. The van der Waals surface area contributed by atoms with Gasteiger partial charge in [0.1, 0.15) is 6.04 Å². The number of aryl methyl sites for hydroxylation is 2. The minimum Gasteiger partial charge on any atom is -0.324 e. The van der Waals surface area contributed by atoms with Crippen LogP contribution in [0.1, 0.15) is 36.8 Å². The molecule has 1 aromatic carbocycles. The number of anilines is 1. The molecule has 1 amide bonds. The molecular formula is C22H33N5O. The molecule has 6 nitrogen and oxygen atoms in total. The van der Waals surface area contributed by atoms with Gasteiger partial charge >= 0.3 is 0 Å².